The van der Waals surface area contributed by atoms with E-state index in [1.54, 1.807) is 16.3 Å². The summed E-state index contributed by atoms with van der Waals surface area (Å²) < 4.78 is 1.64. The van der Waals surface area contributed by atoms with E-state index >= 15 is 0 Å². The number of rotatable bonds is 4. The number of nitrogens with one attached hydrogen (secondary N) is 1. The summed E-state index contributed by atoms with van der Waals surface area (Å²) in [5.74, 6) is 0.744. The van der Waals surface area contributed by atoms with Crippen LogP contribution in [0, 0.1) is 6.92 Å². The van der Waals surface area contributed by atoms with Crippen molar-refractivity contribution in [1.29, 1.82) is 0 Å². The summed E-state index contributed by atoms with van der Waals surface area (Å²) in [6, 6.07) is 1.45. The van der Waals surface area contributed by atoms with E-state index in [0.29, 0.717) is 13.0 Å². The van der Waals surface area contributed by atoms with Crippen LogP contribution < -0.4 is 10.9 Å². The molecule has 1 aliphatic heterocycles. The molecule has 98 valence electrons. The molecule has 1 N–H and O–H groups in total. The van der Waals surface area contributed by atoms with Gasteiger partial charge < -0.3 is 5.32 Å². The molecule has 0 saturated carbocycles. The van der Waals surface area contributed by atoms with Gasteiger partial charge in [0.1, 0.15) is 0 Å². The van der Waals surface area contributed by atoms with Crippen molar-refractivity contribution >= 4 is 17.7 Å². The number of hydrogen-bond acceptors (Lipinski definition) is 4. The van der Waals surface area contributed by atoms with Gasteiger partial charge in [-0.05, 0) is 13.3 Å². The lowest BCUT2D eigenvalue weighted by Crippen LogP contribution is -2.30. The third-order valence-corrected chi connectivity index (χ3v) is 3.91. The Balaban J connectivity index is 2.12. The molecule has 0 radical (unpaired) electrons. The van der Waals surface area contributed by atoms with Crippen molar-refractivity contribution in [2.24, 2.45) is 0 Å². The van der Waals surface area contributed by atoms with Crippen LogP contribution in [0.4, 0.5) is 0 Å². The van der Waals surface area contributed by atoms with Gasteiger partial charge in [0.2, 0.25) is 5.91 Å². The second kappa shape index (κ2) is 5.56. The van der Waals surface area contributed by atoms with Crippen molar-refractivity contribution in [2.75, 3.05) is 12.3 Å². The Morgan fingerprint density at radius 2 is 2.44 bits per heavy atom. The zero-order valence-corrected chi connectivity index (χ0v) is 11.4. The van der Waals surface area contributed by atoms with Crippen molar-refractivity contribution < 1.29 is 4.79 Å². The summed E-state index contributed by atoms with van der Waals surface area (Å²) >= 11 is 1.54. The Kier molecular flexibility index (Phi) is 4.06. The number of nitrogens with zero attached hydrogens (tertiary/aromatic N) is 2. The highest BCUT2D eigenvalue weighted by Crippen LogP contribution is 2.31. The lowest BCUT2D eigenvalue weighted by atomic mass is 10.2. The standard InChI is InChI=1S/C12H17N3O2S/c1-3-4-13-10(16)6-9-7-18-12-14-8(2)5-11(17)15(9)12/h5,9H,3-4,6-7H2,1-2H3,(H,13,16). The molecule has 0 aromatic carbocycles. The zero-order valence-electron chi connectivity index (χ0n) is 10.6. The van der Waals surface area contributed by atoms with E-state index in [-0.39, 0.29) is 17.5 Å². The molecule has 6 heteroatoms. The quantitative estimate of drug-likeness (QED) is 0.830. The molecule has 5 nitrogen and oxygen atoms in total. The second-order valence-electron chi connectivity index (χ2n) is 4.41. The molecule has 1 aromatic rings. The molecular weight excluding hydrogens is 250 g/mol. The summed E-state index contributed by atoms with van der Waals surface area (Å²) in [6.07, 6.45) is 1.27. The van der Waals surface area contributed by atoms with Gasteiger partial charge in [0, 0.05) is 30.5 Å². The summed E-state index contributed by atoms with van der Waals surface area (Å²) in [5, 5.41) is 3.57. The summed E-state index contributed by atoms with van der Waals surface area (Å²) in [5.41, 5.74) is 0.672. The fourth-order valence-electron chi connectivity index (χ4n) is 1.96. The lowest BCUT2D eigenvalue weighted by molar-refractivity contribution is -0.121. The molecular formula is C12H17N3O2S. The minimum absolute atomic E-state index is 0.00257. The molecule has 1 unspecified atom stereocenters. The molecule has 0 saturated heterocycles. The number of aryl methyl sites for hydroxylation is 1. The average molecular weight is 267 g/mol. The van der Waals surface area contributed by atoms with Gasteiger partial charge in [0.25, 0.3) is 5.56 Å². The van der Waals surface area contributed by atoms with E-state index in [1.165, 1.54) is 6.07 Å². The number of fused-ring (bicyclic) bond motifs is 1. The fraction of sp³-hybridized carbons (Fsp3) is 0.583. The van der Waals surface area contributed by atoms with E-state index in [2.05, 4.69) is 10.3 Å². The van der Waals surface area contributed by atoms with Crippen molar-refractivity contribution in [1.82, 2.24) is 14.9 Å². The molecule has 2 rings (SSSR count). The third-order valence-electron chi connectivity index (χ3n) is 2.81. The van der Waals surface area contributed by atoms with E-state index in [4.69, 9.17) is 0 Å². The molecule has 1 amide bonds. The smallest absolute Gasteiger partial charge is 0.254 e. The highest BCUT2D eigenvalue weighted by Gasteiger charge is 2.27. The van der Waals surface area contributed by atoms with Gasteiger partial charge in [-0.25, -0.2) is 4.98 Å². The largest absolute Gasteiger partial charge is 0.356 e. The normalized spacial score (nSPS) is 17.6. The number of thioether (sulfide) groups is 1. The maximum absolute atomic E-state index is 11.9. The number of carbonyl (C=O) groups is 1. The van der Waals surface area contributed by atoms with Gasteiger partial charge in [-0.15, -0.1) is 0 Å². The molecule has 18 heavy (non-hydrogen) atoms. The summed E-state index contributed by atoms with van der Waals surface area (Å²) in [6.45, 7) is 4.51. The van der Waals surface area contributed by atoms with Crippen molar-refractivity contribution in [3.05, 3.63) is 22.1 Å². The molecule has 0 spiro atoms. The number of carbonyl (C=O) groups excluding carboxylic acids is 1. The Morgan fingerprint density at radius 3 is 3.17 bits per heavy atom. The lowest BCUT2D eigenvalue weighted by Gasteiger charge is -2.12. The predicted octanol–water partition coefficient (Wildman–Crippen LogP) is 1.11. The Hall–Kier alpha value is -1.30. The van der Waals surface area contributed by atoms with Gasteiger partial charge in [-0.2, -0.15) is 0 Å². The van der Waals surface area contributed by atoms with Crippen LogP contribution in [0.5, 0.6) is 0 Å². The monoisotopic (exact) mass is 267 g/mol. The predicted molar refractivity (Wildman–Crippen MR) is 70.9 cm³/mol. The Bertz CT molecular complexity index is 513. The first-order valence-corrected chi connectivity index (χ1v) is 7.10. The first kappa shape index (κ1) is 13.1. The fourth-order valence-corrected chi connectivity index (χ4v) is 3.16. The van der Waals surface area contributed by atoms with Crippen LogP contribution >= 0.6 is 11.8 Å². The molecule has 0 bridgehead atoms. The SMILES string of the molecule is CCCNC(=O)CC1CSc2nc(C)cc(=O)n21. The van der Waals surface area contributed by atoms with Crippen molar-refractivity contribution in [2.45, 2.75) is 37.9 Å². The molecule has 1 aromatic heterocycles. The van der Waals surface area contributed by atoms with Gasteiger partial charge in [-0.3, -0.25) is 14.2 Å². The van der Waals surface area contributed by atoms with Crippen LogP contribution in [-0.2, 0) is 4.79 Å². The third kappa shape index (κ3) is 2.75. The van der Waals surface area contributed by atoms with Crippen LogP contribution in [0.15, 0.2) is 16.0 Å². The van der Waals surface area contributed by atoms with Crippen molar-refractivity contribution in [3.63, 3.8) is 0 Å². The molecule has 2 heterocycles. The van der Waals surface area contributed by atoms with Gasteiger partial charge in [-0.1, -0.05) is 18.7 Å². The zero-order chi connectivity index (χ0) is 13.1. The summed E-state index contributed by atoms with van der Waals surface area (Å²) in [4.78, 5) is 27.9. The van der Waals surface area contributed by atoms with Crippen LogP contribution in [0.1, 0.15) is 31.5 Å². The van der Waals surface area contributed by atoms with Gasteiger partial charge in [0.05, 0.1) is 6.04 Å². The first-order valence-electron chi connectivity index (χ1n) is 6.11. The van der Waals surface area contributed by atoms with E-state index in [0.717, 1.165) is 23.0 Å². The number of amides is 1. The van der Waals surface area contributed by atoms with Crippen LogP contribution in [0.25, 0.3) is 0 Å². The maximum atomic E-state index is 11.9. The first-order chi connectivity index (χ1) is 8.61. The highest BCUT2D eigenvalue weighted by molar-refractivity contribution is 7.99. The van der Waals surface area contributed by atoms with E-state index in [9.17, 15) is 9.59 Å². The minimum Gasteiger partial charge on any atom is -0.356 e. The van der Waals surface area contributed by atoms with Crippen molar-refractivity contribution in [3.8, 4) is 0 Å². The molecule has 0 aliphatic carbocycles. The molecule has 1 aliphatic rings. The number of hydrogen-bond donors (Lipinski definition) is 1. The van der Waals surface area contributed by atoms with Gasteiger partial charge >= 0.3 is 0 Å². The molecule has 0 fully saturated rings. The topological polar surface area (TPSA) is 64.0 Å². The minimum atomic E-state index is -0.0672. The van der Waals surface area contributed by atoms with Gasteiger partial charge in [0.15, 0.2) is 5.16 Å². The van der Waals surface area contributed by atoms with Crippen LogP contribution in [0.2, 0.25) is 0 Å². The number of aromatic nitrogens is 2. The van der Waals surface area contributed by atoms with E-state index < -0.39 is 0 Å². The molecule has 1 atom stereocenters. The Morgan fingerprint density at radius 1 is 1.67 bits per heavy atom. The second-order valence-corrected chi connectivity index (χ2v) is 5.39. The highest BCUT2D eigenvalue weighted by atomic mass is 32.2. The van der Waals surface area contributed by atoms with E-state index in [1.807, 2.05) is 13.8 Å². The maximum Gasteiger partial charge on any atom is 0.254 e. The average Bonchev–Trinajstić information content (AvgIpc) is 2.69. The Labute approximate surface area is 110 Å². The van der Waals surface area contributed by atoms with Crippen LogP contribution in [0.3, 0.4) is 0 Å². The summed E-state index contributed by atoms with van der Waals surface area (Å²) in [7, 11) is 0. The van der Waals surface area contributed by atoms with Crippen LogP contribution in [-0.4, -0.2) is 27.8 Å².